The summed E-state index contributed by atoms with van der Waals surface area (Å²) in [5.41, 5.74) is -0.396. The quantitative estimate of drug-likeness (QED) is 0.695. The van der Waals surface area contributed by atoms with Crippen LogP contribution >= 0.6 is 0 Å². The second kappa shape index (κ2) is 6.30. The lowest BCUT2D eigenvalue weighted by molar-refractivity contribution is -0.134. The predicted molar refractivity (Wildman–Crippen MR) is 65.0 cm³/mol. The second-order valence-corrected chi connectivity index (χ2v) is 4.06. The van der Waals surface area contributed by atoms with Crippen LogP contribution in [0.5, 0.6) is 0 Å². The van der Waals surface area contributed by atoms with Crippen molar-refractivity contribution in [3.63, 3.8) is 0 Å². The summed E-state index contributed by atoms with van der Waals surface area (Å²) in [6.07, 6.45) is 2.49. The highest BCUT2D eigenvalue weighted by atomic mass is 16.2. The van der Waals surface area contributed by atoms with Gasteiger partial charge in [0.1, 0.15) is 0 Å². The molecule has 0 aromatic heterocycles. The Balaban J connectivity index is 4.37. The molecule has 0 aliphatic heterocycles. The molecule has 16 heavy (non-hydrogen) atoms. The molecule has 0 fully saturated rings. The molecule has 0 saturated carbocycles. The Morgan fingerprint density at radius 1 is 1.44 bits per heavy atom. The lowest BCUT2D eigenvalue weighted by Crippen LogP contribution is -2.48. The minimum atomic E-state index is -0.396. The van der Waals surface area contributed by atoms with Crippen molar-refractivity contribution in [1.82, 2.24) is 10.2 Å². The van der Waals surface area contributed by atoms with Gasteiger partial charge in [-0.1, -0.05) is 13.0 Å². The first-order chi connectivity index (χ1) is 7.38. The molecule has 1 atom stereocenters. The van der Waals surface area contributed by atoms with Crippen LogP contribution in [-0.4, -0.2) is 35.3 Å². The fourth-order valence-electron chi connectivity index (χ4n) is 1.26. The average Bonchev–Trinajstić information content (AvgIpc) is 2.25. The van der Waals surface area contributed by atoms with Gasteiger partial charge in [-0.25, -0.2) is 0 Å². The van der Waals surface area contributed by atoms with Crippen LogP contribution in [0.4, 0.5) is 0 Å². The SMILES string of the molecule is C=CC(C)(CC)NC(=O)CN(CC)C(C)=O. The van der Waals surface area contributed by atoms with Crippen molar-refractivity contribution in [2.24, 2.45) is 0 Å². The summed E-state index contributed by atoms with van der Waals surface area (Å²) in [6, 6.07) is 0. The van der Waals surface area contributed by atoms with Gasteiger partial charge in [0.15, 0.2) is 0 Å². The molecular formula is C12H22N2O2. The van der Waals surface area contributed by atoms with E-state index in [1.807, 2.05) is 20.8 Å². The number of hydrogen-bond acceptors (Lipinski definition) is 2. The molecule has 92 valence electrons. The fraction of sp³-hybridized carbons (Fsp3) is 0.667. The lowest BCUT2D eigenvalue weighted by Gasteiger charge is -2.27. The molecule has 0 radical (unpaired) electrons. The molecular weight excluding hydrogens is 204 g/mol. The predicted octanol–water partition coefficient (Wildman–Crippen LogP) is 1.33. The standard InChI is InChI=1S/C12H22N2O2/c1-6-12(5,7-2)13-11(16)9-14(8-3)10(4)15/h6H,1,7-9H2,2-5H3,(H,13,16). The molecule has 0 aromatic carbocycles. The molecule has 0 aliphatic rings. The third kappa shape index (κ3) is 4.47. The van der Waals surface area contributed by atoms with Gasteiger partial charge in [0.25, 0.3) is 0 Å². The summed E-state index contributed by atoms with van der Waals surface area (Å²) in [5, 5.41) is 2.86. The maximum Gasteiger partial charge on any atom is 0.240 e. The molecule has 0 heterocycles. The van der Waals surface area contributed by atoms with Gasteiger partial charge in [-0.3, -0.25) is 9.59 Å². The van der Waals surface area contributed by atoms with Crippen molar-refractivity contribution >= 4 is 11.8 Å². The Morgan fingerprint density at radius 2 is 2.00 bits per heavy atom. The van der Waals surface area contributed by atoms with Crippen molar-refractivity contribution in [2.45, 2.75) is 39.7 Å². The number of carbonyl (C=O) groups is 2. The van der Waals surface area contributed by atoms with E-state index in [2.05, 4.69) is 11.9 Å². The Bertz CT molecular complexity index is 276. The van der Waals surface area contributed by atoms with Gasteiger partial charge >= 0.3 is 0 Å². The van der Waals surface area contributed by atoms with Gasteiger partial charge in [0.2, 0.25) is 11.8 Å². The number of amides is 2. The van der Waals surface area contributed by atoms with Crippen LogP contribution in [0.1, 0.15) is 34.1 Å². The van der Waals surface area contributed by atoms with E-state index in [-0.39, 0.29) is 18.4 Å². The summed E-state index contributed by atoms with van der Waals surface area (Å²) < 4.78 is 0. The highest BCUT2D eigenvalue weighted by Gasteiger charge is 2.21. The van der Waals surface area contributed by atoms with E-state index in [4.69, 9.17) is 0 Å². The number of hydrogen-bond donors (Lipinski definition) is 1. The van der Waals surface area contributed by atoms with Crippen LogP contribution < -0.4 is 5.32 Å². The summed E-state index contributed by atoms with van der Waals surface area (Å²) >= 11 is 0. The van der Waals surface area contributed by atoms with Gasteiger partial charge in [0.05, 0.1) is 12.1 Å². The van der Waals surface area contributed by atoms with Gasteiger partial charge in [-0.2, -0.15) is 0 Å². The first-order valence-electron chi connectivity index (χ1n) is 5.58. The molecule has 4 nitrogen and oxygen atoms in total. The first-order valence-corrected chi connectivity index (χ1v) is 5.58. The zero-order valence-electron chi connectivity index (χ0n) is 10.7. The maximum atomic E-state index is 11.7. The topological polar surface area (TPSA) is 49.4 Å². The molecule has 1 unspecified atom stereocenters. The Hall–Kier alpha value is -1.32. The van der Waals surface area contributed by atoms with Crippen LogP contribution in [-0.2, 0) is 9.59 Å². The van der Waals surface area contributed by atoms with Gasteiger partial charge in [-0.05, 0) is 20.3 Å². The van der Waals surface area contributed by atoms with Crippen molar-refractivity contribution < 1.29 is 9.59 Å². The monoisotopic (exact) mass is 226 g/mol. The largest absolute Gasteiger partial charge is 0.346 e. The molecule has 0 spiro atoms. The van der Waals surface area contributed by atoms with Crippen molar-refractivity contribution in [2.75, 3.05) is 13.1 Å². The van der Waals surface area contributed by atoms with E-state index in [9.17, 15) is 9.59 Å². The van der Waals surface area contributed by atoms with E-state index in [1.165, 1.54) is 11.8 Å². The molecule has 1 N–H and O–H groups in total. The molecule has 0 saturated heterocycles. The highest BCUT2D eigenvalue weighted by Crippen LogP contribution is 2.09. The Labute approximate surface area is 97.7 Å². The van der Waals surface area contributed by atoms with E-state index < -0.39 is 5.54 Å². The van der Waals surface area contributed by atoms with Gasteiger partial charge < -0.3 is 10.2 Å². The van der Waals surface area contributed by atoms with Gasteiger partial charge in [0, 0.05) is 13.5 Å². The van der Waals surface area contributed by atoms with Crippen LogP contribution in [0.2, 0.25) is 0 Å². The number of carbonyl (C=O) groups excluding carboxylic acids is 2. The second-order valence-electron chi connectivity index (χ2n) is 4.06. The van der Waals surface area contributed by atoms with Crippen LogP contribution in [0.3, 0.4) is 0 Å². The van der Waals surface area contributed by atoms with Crippen molar-refractivity contribution in [3.8, 4) is 0 Å². The molecule has 4 heteroatoms. The number of rotatable bonds is 6. The van der Waals surface area contributed by atoms with Crippen LogP contribution in [0.15, 0.2) is 12.7 Å². The first kappa shape index (κ1) is 14.7. The minimum absolute atomic E-state index is 0.0885. The van der Waals surface area contributed by atoms with E-state index in [1.54, 1.807) is 6.08 Å². The van der Waals surface area contributed by atoms with Crippen molar-refractivity contribution in [1.29, 1.82) is 0 Å². The molecule has 2 amide bonds. The van der Waals surface area contributed by atoms with Crippen molar-refractivity contribution in [3.05, 3.63) is 12.7 Å². The molecule has 0 aliphatic carbocycles. The number of likely N-dealkylation sites (N-methyl/N-ethyl adjacent to an activating group) is 1. The normalized spacial score (nSPS) is 13.8. The number of nitrogens with one attached hydrogen (secondary N) is 1. The van der Waals surface area contributed by atoms with E-state index in [0.717, 1.165) is 6.42 Å². The summed E-state index contributed by atoms with van der Waals surface area (Å²) in [6.45, 7) is 11.5. The van der Waals surface area contributed by atoms with Gasteiger partial charge in [-0.15, -0.1) is 6.58 Å². The summed E-state index contributed by atoms with van der Waals surface area (Å²) in [5.74, 6) is -0.240. The minimum Gasteiger partial charge on any atom is -0.346 e. The lowest BCUT2D eigenvalue weighted by atomic mass is 9.99. The molecule has 0 aromatic rings. The zero-order chi connectivity index (χ0) is 12.8. The fourth-order valence-corrected chi connectivity index (χ4v) is 1.26. The zero-order valence-corrected chi connectivity index (χ0v) is 10.7. The van der Waals surface area contributed by atoms with Crippen LogP contribution in [0, 0.1) is 0 Å². The smallest absolute Gasteiger partial charge is 0.240 e. The average molecular weight is 226 g/mol. The summed E-state index contributed by atoms with van der Waals surface area (Å²) in [7, 11) is 0. The van der Waals surface area contributed by atoms with E-state index in [0.29, 0.717) is 6.54 Å². The Kier molecular flexibility index (Phi) is 5.78. The van der Waals surface area contributed by atoms with Crippen LogP contribution in [0.25, 0.3) is 0 Å². The maximum absolute atomic E-state index is 11.7. The highest BCUT2D eigenvalue weighted by molar-refractivity contribution is 5.84. The third-order valence-corrected chi connectivity index (χ3v) is 2.77. The number of nitrogens with zero attached hydrogens (tertiary/aromatic N) is 1. The summed E-state index contributed by atoms with van der Waals surface area (Å²) in [4.78, 5) is 24.3. The molecule has 0 rings (SSSR count). The molecule has 0 bridgehead atoms. The van der Waals surface area contributed by atoms with E-state index >= 15 is 0 Å². The third-order valence-electron chi connectivity index (χ3n) is 2.77. The Morgan fingerprint density at radius 3 is 2.31 bits per heavy atom.